The Kier molecular flexibility index (Phi) is 1.72. The van der Waals surface area contributed by atoms with Crippen LogP contribution >= 0.6 is 0 Å². The molecule has 4 unspecified atom stereocenters. The van der Waals surface area contributed by atoms with E-state index < -0.39 is 0 Å². The average Bonchev–Trinajstić information content (AvgIpc) is 3.74. The van der Waals surface area contributed by atoms with Crippen LogP contribution in [0.5, 0.6) is 0 Å². The van der Waals surface area contributed by atoms with Crippen LogP contribution in [0.3, 0.4) is 0 Å². The highest BCUT2D eigenvalue weighted by Crippen LogP contribution is 2.68. The van der Waals surface area contributed by atoms with Gasteiger partial charge < -0.3 is 0 Å². The third-order valence-electron chi connectivity index (χ3n) is 13.9. The van der Waals surface area contributed by atoms with Crippen LogP contribution < -0.4 is 10.4 Å². The lowest BCUT2D eigenvalue weighted by Crippen LogP contribution is -2.26. The molecule has 9 aromatic rings. The van der Waals surface area contributed by atoms with Crippen LogP contribution in [0.2, 0.25) is 0 Å². The Labute approximate surface area is 220 Å². The highest BCUT2D eigenvalue weighted by Gasteiger charge is 2.50. The summed E-state index contributed by atoms with van der Waals surface area (Å²) >= 11 is 0. The van der Waals surface area contributed by atoms with Gasteiger partial charge in [-0.1, -0.05) is 24.3 Å². The summed E-state index contributed by atoms with van der Waals surface area (Å²) in [6.07, 6.45) is 9.06. The van der Waals surface area contributed by atoms with E-state index in [4.69, 9.17) is 0 Å². The Morgan fingerprint density at radius 3 is 1.97 bits per heavy atom. The van der Waals surface area contributed by atoms with Crippen LogP contribution in [0, 0.1) is 11.8 Å². The Balaban J connectivity index is 1.50. The van der Waals surface area contributed by atoms with E-state index in [1.54, 1.807) is 136 Å². The predicted octanol–water partition coefficient (Wildman–Crippen LogP) is 7.44. The van der Waals surface area contributed by atoms with Crippen molar-refractivity contribution in [3.8, 4) is 0 Å². The minimum absolute atomic E-state index is 0.643. The molecule has 0 saturated heterocycles. The van der Waals surface area contributed by atoms with Gasteiger partial charge in [-0.05, 0) is 185 Å². The van der Waals surface area contributed by atoms with Crippen molar-refractivity contribution in [1.29, 1.82) is 0 Å². The molecule has 0 aromatic heterocycles. The minimum atomic E-state index is 0.643. The van der Waals surface area contributed by atoms with Gasteiger partial charge in [0.2, 0.25) is 0 Å². The average molecular weight is 487 g/mol. The van der Waals surface area contributed by atoms with E-state index in [0.29, 0.717) is 17.8 Å². The van der Waals surface area contributed by atoms with Crippen LogP contribution in [0.4, 0.5) is 0 Å². The topological polar surface area (TPSA) is 0 Å². The summed E-state index contributed by atoms with van der Waals surface area (Å²) in [6.45, 7) is 0. The van der Waals surface area contributed by atoms with Crippen LogP contribution in [-0.4, -0.2) is 0 Å². The number of hydrogen-bond acceptors (Lipinski definition) is 0. The van der Waals surface area contributed by atoms with Gasteiger partial charge in [-0.2, -0.15) is 0 Å². The second-order valence-corrected chi connectivity index (χ2v) is 14.9. The fourth-order valence-corrected chi connectivity index (χ4v) is 13.5. The van der Waals surface area contributed by atoms with Gasteiger partial charge in [-0.25, -0.2) is 0 Å². The molecule has 1 fully saturated rings. The van der Waals surface area contributed by atoms with Crippen molar-refractivity contribution in [2.45, 2.75) is 43.9 Å². The number of benzene rings is 6. The van der Waals surface area contributed by atoms with Gasteiger partial charge >= 0.3 is 0 Å². The van der Waals surface area contributed by atoms with Gasteiger partial charge in [-0.15, -0.1) is 0 Å². The van der Waals surface area contributed by atoms with E-state index in [0.717, 1.165) is 12.3 Å². The lowest BCUT2D eigenvalue weighted by atomic mass is 9.73. The molecule has 9 aromatic carbocycles. The molecule has 0 spiro atoms. The van der Waals surface area contributed by atoms with Crippen molar-refractivity contribution in [1.82, 2.24) is 0 Å². The van der Waals surface area contributed by atoms with E-state index in [-0.39, 0.29) is 0 Å². The van der Waals surface area contributed by atoms with Gasteiger partial charge in [0.15, 0.2) is 0 Å². The largest absolute Gasteiger partial charge is 0.0694 e. The van der Waals surface area contributed by atoms with Crippen molar-refractivity contribution in [2.75, 3.05) is 0 Å². The summed E-state index contributed by atoms with van der Waals surface area (Å²) in [5, 5.41) is 30.5. The molecule has 0 radical (unpaired) electrons. The zero-order chi connectivity index (χ0) is 23.7. The van der Waals surface area contributed by atoms with Crippen LogP contribution in [0.25, 0.3) is 97.8 Å². The first-order valence-corrected chi connectivity index (χ1v) is 15.4. The normalized spacial score (nSPS) is 27.6. The highest BCUT2D eigenvalue weighted by molar-refractivity contribution is 6.57. The molecular weight excluding hydrogens is 468 g/mol. The fourth-order valence-electron chi connectivity index (χ4n) is 13.5. The molecule has 0 N–H and O–H groups in total. The molecular formula is C39H18. The molecule has 1 saturated carbocycles. The molecule has 0 heteroatoms. The lowest BCUT2D eigenvalue weighted by Gasteiger charge is -2.30. The van der Waals surface area contributed by atoms with E-state index in [2.05, 4.69) is 24.3 Å². The van der Waals surface area contributed by atoms with E-state index in [1.807, 2.05) is 5.57 Å². The predicted molar refractivity (Wildman–Crippen MR) is 161 cm³/mol. The van der Waals surface area contributed by atoms with E-state index in [1.165, 1.54) is 25.7 Å². The molecule has 7 aliphatic carbocycles. The van der Waals surface area contributed by atoms with Gasteiger partial charge in [0.25, 0.3) is 0 Å². The minimum Gasteiger partial charge on any atom is -0.0694 e. The standard InChI is InChI=1S/C39H18/c1-10-4-16-6-12-2-14-8-18-9-15-3-13-7-17-5-11(1)20-19(10)28-25(16)30-21(12)23(14)32-27(18)33-24(15)22(13)31-26(17)29(20)35-34(28)36(30)38(32)39(33)37(31)35/h4-5,8-9,12-14,21H,1-3,6-7H2. The molecule has 0 aliphatic heterocycles. The maximum Gasteiger partial charge on any atom is 0.0108 e. The SMILES string of the molecule is C1=c2cc3c4c5c6c7c(cc8c9c%10c(cc%11c%12c%13c%14c%15c(c2c4c%15c6c(c97)c%14c%12%10)=C2C1CC(C%11)C2%13)C8)CC5C3. The second-order valence-electron chi connectivity index (χ2n) is 14.9. The molecule has 4 atom stereocenters. The van der Waals surface area contributed by atoms with Gasteiger partial charge in [0.05, 0.1) is 0 Å². The summed E-state index contributed by atoms with van der Waals surface area (Å²) in [4.78, 5) is 0. The van der Waals surface area contributed by atoms with Crippen molar-refractivity contribution in [3.63, 3.8) is 0 Å². The molecule has 16 rings (SSSR count). The molecule has 0 bridgehead atoms. The van der Waals surface area contributed by atoms with Gasteiger partial charge in [0, 0.05) is 11.8 Å². The molecule has 0 heterocycles. The van der Waals surface area contributed by atoms with Crippen LogP contribution in [-0.2, 0) is 25.7 Å². The third kappa shape index (κ3) is 1.13. The Bertz CT molecular complexity index is 3020. The highest BCUT2D eigenvalue weighted by atomic mass is 14.5. The summed E-state index contributed by atoms with van der Waals surface area (Å²) in [5.74, 6) is 2.75. The molecule has 0 nitrogen and oxygen atoms in total. The zero-order valence-corrected chi connectivity index (χ0v) is 21.2. The molecule has 39 heavy (non-hydrogen) atoms. The number of rotatable bonds is 0. The zero-order valence-electron chi connectivity index (χ0n) is 21.2. The second kappa shape index (κ2) is 4.13. The third-order valence-corrected chi connectivity index (χ3v) is 13.9. The molecule has 0 amide bonds. The van der Waals surface area contributed by atoms with Gasteiger partial charge in [0.1, 0.15) is 0 Å². The quantitative estimate of drug-likeness (QED) is 0.196. The maximum atomic E-state index is 2.76. The molecule has 174 valence electrons. The fraction of sp³-hybridized carbons (Fsp3) is 0.231. The summed E-state index contributed by atoms with van der Waals surface area (Å²) in [7, 11) is 0. The molecule has 7 aliphatic rings. The van der Waals surface area contributed by atoms with Crippen LogP contribution in [0.15, 0.2) is 18.2 Å². The first kappa shape index (κ1) is 16.3. The summed E-state index contributed by atoms with van der Waals surface area (Å²) in [6, 6.07) is 8.09. The van der Waals surface area contributed by atoms with Gasteiger partial charge in [-0.3, -0.25) is 0 Å². The first-order chi connectivity index (χ1) is 19.3. The van der Waals surface area contributed by atoms with Crippen molar-refractivity contribution in [2.24, 2.45) is 11.8 Å². The van der Waals surface area contributed by atoms with Crippen molar-refractivity contribution < 1.29 is 0 Å². The summed E-state index contributed by atoms with van der Waals surface area (Å²) < 4.78 is 0. The monoisotopic (exact) mass is 486 g/mol. The van der Waals surface area contributed by atoms with Crippen LogP contribution in [0.1, 0.15) is 57.2 Å². The Morgan fingerprint density at radius 1 is 0.487 bits per heavy atom. The maximum absolute atomic E-state index is 2.76. The first-order valence-electron chi connectivity index (χ1n) is 15.4. The van der Waals surface area contributed by atoms with Crippen molar-refractivity contribution >= 4 is 97.8 Å². The number of hydrogen-bond donors (Lipinski definition) is 0. The van der Waals surface area contributed by atoms with E-state index in [9.17, 15) is 0 Å². The Hall–Kier alpha value is -3.90. The lowest BCUT2D eigenvalue weighted by molar-refractivity contribution is 0.490. The van der Waals surface area contributed by atoms with Crippen molar-refractivity contribution in [3.05, 3.63) is 67.6 Å². The smallest absolute Gasteiger partial charge is 0.0108 e. The Morgan fingerprint density at radius 2 is 1.10 bits per heavy atom. The summed E-state index contributed by atoms with van der Waals surface area (Å²) in [5.41, 5.74) is 13.8. The van der Waals surface area contributed by atoms with E-state index >= 15 is 0 Å².